The van der Waals surface area contributed by atoms with Crippen molar-refractivity contribution in [2.75, 3.05) is 26.8 Å². The number of ether oxygens (including phenoxy) is 2. The van der Waals surface area contributed by atoms with Crippen LogP contribution in [0.2, 0.25) is 0 Å². The number of aromatic amines is 1. The molecule has 0 radical (unpaired) electrons. The lowest BCUT2D eigenvalue weighted by molar-refractivity contribution is -0.159. The number of hydrogen-bond donors (Lipinski definition) is 1. The summed E-state index contributed by atoms with van der Waals surface area (Å²) in [6, 6.07) is 15.0. The van der Waals surface area contributed by atoms with E-state index in [1.165, 1.54) is 0 Å². The largest absolute Gasteiger partial charge is 0.497 e. The standard InChI is InChI=1S/C26H27N3O4/c1-32-17-7-4-6-16(12-17)25-24-20(19-9-2-3-10-21(19)27-24)13-22-26(31)28(15-23(30)29(22)25)14-18-8-5-11-33-18/h2-4,6-7,9-10,12,18,22,25,27H,5,8,11,13-15H2,1H3/t18-,22-,25-/m0/s1. The predicted molar refractivity (Wildman–Crippen MR) is 123 cm³/mol. The highest BCUT2D eigenvalue weighted by atomic mass is 16.5. The van der Waals surface area contributed by atoms with Crippen molar-refractivity contribution in [3.05, 3.63) is 65.4 Å². The molecule has 3 atom stereocenters. The van der Waals surface area contributed by atoms with Gasteiger partial charge in [-0.1, -0.05) is 30.3 Å². The number of nitrogens with zero attached hydrogens (tertiary/aromatic N) is 2. The van der Waals surface area contributed by atoms with Crippen LogP contribution in [0.15, 0.2) is 48.5 Å². The summed E-state index contributed by atoms with van der Waals surface area (Å²) in [5.41, 5.74) is 4.04. The van der Waals surface area contributed by atoms with E-state index in [4.69, 9.17) is 9.47 Å². The van der Waals surface area contributed by atoms with E-state index in [2.05, 4.69) is 11.1 Å². The van der Waals surface area contributed by atoms with Crippen LogP contribution in [-0.4, -0.2) is 65.6 Å². The molecule has 0 unspecified atom stereocenters. The molecule has 3 aromatic rings. The lowest BCUT2D eigenvalue weighted by Crippen LogP contribution is -2.63. The Morgan fingerprint density at radius 3 is 2.85 bits per heavy atom. The van der Waals surface area contributed by atoms with Gasteiger partial charge in [-0.15, -0.1) is 0 Å². The summed E-state index contributed by atoms with van der Waals surface area (Å²) < 4.78 is 11.2. The third-order valence-electron chi connectivity index (χ3n) is 7.20. The quantitative estimate of drug-likeness (QED) is 0.670. The minimum atomic E-state index is -0.532. The maximum Gasteiger partial charge on any atom is 0.246 e. The van der Waals surface area contributed by atoms with Gasteiger partial charge in [0.05, 0.1) is 25.8 Å². The number of para-hydroxylation sites is 1. The number of fused-ring (bicyclic) bond motifs is 4. The number of piperazine rings is 1. The van der Waals surface area contributed by atoms with E-state index >= 15 is 0 Å². The zero-order valence-corrected chi connectivity index (χ0v) is 18.6. The van der Waals surface area contributed by atoms with E-state index in [-0.39, 0.29) is 30.5 Å². The second-order valence-corrected chi connectivity index (χ2v) is 9.12. The van der Waals surface area contributed by atoms with Crippen LogP contribution >= 0.6 is 0 Å². The average molecular weight is 446 g/mol. The van der Waals surface area contributed by atoms with Gasteiger partial charge >= 0.3 is 0 Å². The summed E-state index contributed by atoms with van der Waals surface area (Å²) in [5, 5.41) is 1.11. The van der Waals surface area contributed by atoms with Gasteiger partial charge in [0.1, 0.15) is 11.8 Å². The molecule has 0 saturated carbocycles. The Balaban J connectivity index is 1.46. The van der Waals surface area contributed by atoms with E-state index in [1.807, 2.05) is 42.5 Å². The van der Waals surface area contributed by atoms with Crippen LogP contribution in [0.25, 0.3) is 10.9 Å². The second-order valence-electron chi connectivity index (χ2n) is 9.12. The lowest BCUT2D eigenvalue weighted by atomic mass is 9.86. The first-order valence-corrected chi connectivity index (χ1v) is 11.6. The van der Waals surface area contributed by atoms with E-state index in [0.29, 0.717) is 13.0 Å². The Hall–Kier alpha value is -3.32. The van der Waals surface area contributed by atoms with Crippen LogP contribution in [0.5, 0.6) is 5.75 Å². The summed E-state index contributed by atoms with van der Waals surface area (Å²) in [4.78, 5) is 34.3. The second kappa shape index (κ2) is 7.92. The smallest absolute Gasteiger partial charge is 0.246 e. The number of benzene rings is 2. The van der Waals surface area contributed by atoms with Crippen LogP contribution < -0.4 is 4.74 Å². The molecule has 0 bridgehead atoms. The van der Waals surface area contributed by atoms with Crippen LogP contribution in [0, 0.1) is 0 Å². The number of rotatable bonds is 4. The lowest BCUT2D eigenvalue weighted by Gasteiger charge is -2.47. The summed E-state index contributed by atoms with van der Waals surface area (Å²) in [7, 11) is 1.63. The molecule has 2 amide bonds. The number of H-pyrrole nitrogens is 1. The van der Waals surface area contributed by atoms with Crippen LogP contribution in [0.4, 0.5) is 0 Å². The zero-order chi connectivity index (χ0) is 22.5. The number of aromatic nitrogens is 1. The van der Waals surface area contributed by atoms with Crippen LogP contribution in [0.1, 0.15) is 35.7 Å². The molecule has 1 N–H and O–H groups in total. The first kappa shape index (κ1) is 20.3. The highest BCUT2D eigenvalue weighted by Gasteiger charge is 2.48. The maximum atomic E-state index is 13.7. The average Bonchev–Trinajstić information content (AvgIpc) is 3.48. The monoisotopic (exact) mass is 445 g/mol. The fraction of sp³-hybridized carbons (Fsp3) is 0.385. The topological polar surface area (TPSA) is 74.9 Å². The molecule has 4 heterocycles. The van der Waals surface area contributed by atoms with Gasteiger partial charge in [0.25, 0.3) is 0 Å². The van der Waals surface area contributed by atoms with Crippen molar-refractivity contribution in [2.24, 2.45) is 0 Å². The predicted octanol–water partition coefficient (Wildman–Crippen LogP) is 3.04. The third kappa shape index (κ3) is 3.30. The first-order valence-electron chi connectivity index (χ1n) is 11.6. The normalized spacial score (nSPS) is 24.8. The summed E-state index contributed by atoms with van der Waals surface area (Å²) in [6.45, 7) is 1.30. The first-order chi connectivity index (χ1) is 16.1. The van der Waals surface area contributed by atoms with Crippen molar-refractivity contribution in [1.29, 1.82) is 0 Å². The molecule has 2 saturated heterocycles. The minimum absolute atomic E-state index is 0.00827. The van der Waals surface area contributed by atoms with Crippen LogP contribution in [-0.2, 0) is 20.7 Å². The molecule has 2 fully saturated rings. The molecule has 0 aliphatic carbocycles. The van der Waals surface area contributed by atoms with Crippen LogP contribution in [0.3, 0.4) is 0 Å². The fourth-order valence-electron chi connectivity index (χ4n) is 5.67. The molecule has 1 aromatic heterocycles. The van der Waals surface area contributed by atoms with Gasteiger partial charge in [0.15, 0.2) is 0 Å². The van der Waals surface area contributed by atoms with Gasteiger partial charge in [0, 0.05) is 36.2 Å². The molecule has 6 rings (SSSR count). The number of nitrogens with one attached hydrogen (secondary N) is 1. The fourth-order valence-corrected chi connectivity index (χ4v) is 5.67. The molecule has 170 valence electrons. The Kier molecular flexibility index (Phi) is 4.87. The Morgan fingerprint density at radius 1 is 1.15 bits per heavy atom. The van der Waals surface area contributed by atoms with Crippen molar-refractivity contribution in [1.82, 2.24) is 14.8 Å². The third-order valence-corrected chi connectivity index (χ3v) is 7.20. The maximum absolute atomic E-state index is 13.7. The van der Waals surface area contributed by atoms with E-state index < -0.39 is 6.04 Å². The minimum Gasteiger partial charge on any atom is -0.497 e. The SMILES string of the molecule is COc1cccc([C@H]2c3[nH]c4ccccc4c3C[C@H]3C(=O)N(C[C@@H]4CCCO4)CC(=O)N23)c1. The van der Waals surface area contributed by atoms with Crippen molar-refractivity contribution < 1.29 is 19.1 Å². The highest BCUT2D eigenvalue weighted by molar-refractivity contribution is 5.97. The molecule has 3 aliphatic heterocycles. The number of amides is 2. The van der Waals surface area contributed by atoms with Crippen molar-refractivity contribution in [3.8, 4) is 5.75 Å². The Morgan fingerprint density at radius 2 is 2.03 bits per heavy atom. The zero-order valence-electron chi connectivity index (χ0n) is 18.6. The molecule has 2 aromatic carbocycles. The highest BCUT2D eigenvalue weighted by Crippen LogP contribution is 2.43. The van der Waals surface area contributed by atoms with Gasteiger partial charge in [-0.2, -0.15) is 0 Å². The molecular weight excluding hydrogens is 418 g/mol. The number of carbonyl (C=O) groups excluding carboxylic acids is 2. The Bertz CT molecular complexity index is 1230. The van der Waals surface area contributed by atoms with Crippen molar-refractivity contribution in [2.45, 2.75) is 37.5 Å². The summed E-state index contributed by atoms with van der Waals surface area (Å²) >= 11 is 0. The van der Waals surface area contributed by atoms with Gasteiger partial charge in [-0.05, 0) is 42.2 Å². The van der Waals surface area contributed by atoms with Gasteiger partial charge in [-0.25, -0.2) is 0 Å². The molecule has 3 aliphatic rings. The molecule has 0 spiro atoms. The number of carbonyl (C=O) groups is 2. The van der Waals surface area contributed by atoms with Crippen molar-refractivity contribution in [3.63, 3.8) is 0 Å². The molecular formula is C26H27N3O4. The van der Waals surface area contributed by atoms with E-state index in [1.54, 1.807) is 16.9 Å². The van der Waals surface area contributed by atoms with Gasteiger partial charge in [-0.3, -0.25) is 9.59 Å². The Labute approximate surface area is 192 Å². The summed E-state index contributed by atoms with van der Waals surface area (Å²) in [5.74, 6) is 0.701. The molecule has 33 heavy (non-hydrogen) atoms. The van der Waals surface area contributed by atoms with Gasteiger partial charge < -0.3 is 24.3 Å². The number of methoxy groups -OCH3 is 1. The van der Waals surface area contributed by atoms with E-state index in [0.717, 1.165) is 52.9 Å². The molecule has 7 heteroatoms. The van der Waals surface area contributed by atoms with E-state index in [9.17, 15) is 9.59 Å². The van der Waals surface area contributed by atoms with Gasteiger partial charge in [0.2, 0.25) is 11.8 Å². The summed E-state index contributed by atoms with van der Waals surface area (Å²) in [6.07, 6.45) is 2.47. The number of hydrogen-bond acceptors (Lipinski definition) is 4. The molecule has 7 nitrogen and oxygen atoms in total. The van der Waals surface area contributed by atoms with Crippen molar-refractivity contribution >= 4 is 22.7 Å².